The Morgan fingerprint density at radius 1 is 1.52 bits per heavy atom. The minimum atomic E-state index is -0.772. The molecule has 1 aliphatic rings. The Morgan fingerprint density at radius 2 is 2.38 bits per heavy atom. The fourth-order valence-electron chi connectivity index (χ4n) is 2.64. The van der Waals surface area contributed by atoms with E-state index in [1.165, 1.54) is 0 Å². The highest BCUT2D eigenvalue weighted by Gasteiger charge is 2.30. The van der Waals surface area contributed by atoms with Gasteiger partial charge in [0.2, 0.25) is 5.89 Å². The Balaban J connectivity index is 1.75. The van der Waals surface area contributed by atoms with E-state index in [1.807, 2.05) is 17.0 Å². The number of aromatic nitrogens is 1. The van der Waals surface area contributed by atoms with Gasteiger partial charge in [0.1, 0.15) is 12.3 Å². The van der Waals surface area contributed by atoms with Gasteiger partial charge >= 0.3 is 5.97 Å². The summed E-state index contributed by atoms with van der Waals surface area (Å²) in [6, 6.07) is 6.86. The standard InChI is InChI=1S/C15H15ClN2O3/c16-11-4-1-3-10(7-11)14-17-12(9-21-14)8-18-6-2-5-13(18)15(19)20/h1,3-4,7,9,13H,2,5-6,8H2,(H,19,20)/t13-/m1/s1. The maximum absolute atomic E-state index is 11.2. The summed E-state index contributed by atoms with van der Waals surface area (Å²) >= 11 is 5.95. The first-order valence-electron chi connectivity index (χ1n) is 6.80. The van der Waals surface area contributed by atoms with Crippen LogP contribution in [0.15, 0.2) is 34.9 Å². The van der Waals surface area contributed by atoms with Crippen LogP contribution in [-0.2, 0) is 11.3 Å². The van der Waals surface area contributed by atoms with E-state index in [-0.39, 0.29) is 0 Å². The number of benzene rings is 1. The van der Waals surface area contributed by atoms with Crippen molar-refractivity contribution in [3.8, 4) is 11.5 Å². The topological polar surface area (TPSA) is 66.6 Å². The molecule has 110 valence electrons. The van der Waals surface area contributed by atoms with Gasteiger partial charge in [0.25, 0.3) is 0 Å². The van der Waals surface area contributed by atoms with Gasteiger partial charge in [-0.05, 0) is 37.6 Å². The van der Waals surface area contributed by atoms with E-state index in [0.29, 0.717) is 23.9 Å². The Morgan fingerprint density at radius 3 is 3.14 bits per heavy atom. The van der Waals surface area contributed by atoms with E-state index in [2.05, 4.69) is 4.98 Å². The molecule has 0 saturated carbocycles. The highest BCUT2D eigenvalue weighted by atomic mass is 35.5. The van der Waals surface area contributed by atoms with E-state index in [0.717, 1.165) is 24.2 Å². The zero-order valence-corrected chi connectivity index (χ0v) is 12.1. The predicted molar refractivity (Wildman–Crippen MR) is 78.0 cm³/mol. The maximum Gasteiger partial charge on any atom is 0.320 e. The van der Waals surface area contributed by atoms with Crippen LogP contribution in [0.4, 0.5) is 0 Å². The molecule has 1 fully saturated rings. The van der Waals surface area contributed by atoms with Crippen LogP contribution in [0.5, 0.6) is 0 Å². The van der Waals surface area contributed by atoms with Crippen molar-refractivity contribution in [1.29, 1.82) is 0 Å². The zero-order chi connectivity index (χ0) is 14.8. The molecule has 2 aromatic rings. The molecule has 0 amide bonds. The Bertz CT molecular complexity index is 656. The molecule has 1 N–H and O–H groups in total. The Hall–Kier alpha value is -1.85. The average Bonchev–Trinajstić information content (AvgIpc) is 3.08. The molecule has 1 atom stereocenters. The van der Waals surface area contributed by atoms with E-state index in [9.17, 15) is 9.90 Å². The second-order valence-electron chi connectivity index (χ2n) is 5.12. The summed E-state index contributed by atoms with van der Waals surface area (Å²) in [7, 11) is 0. The van der Waals surface area contributed by atoms with Gasteiger partial charge in [0.15, 0.2) is 0 Å². The number of carbonyl (C=O) groups is 1. The number of nitrogens with zero attached hydrogens (tertiary/aromatic N) is 2. The van der Waals surface area contributed by atoms with Crippen molar-refractivity contribution in [2.45, 2.75) is 25.4 Å². The molecule has 1 aliphatic heterocycles. The van der Waals surface area contributed by atoms with Gasteiger partial charge in [-0.1, -0.05) is 17.7 Å². The summed E-state index contributed by atoms with van der Waals surface area (Å²) < 4.78 is 5.47. The van der Waals surface area contributed by atoms with Crippen molar-refractivity contribution in [1.82, 2.24) is 9.88 Å². The third-order valence-corrected chi connectivity index (χ3v) is 3.87. The van der Waals surface area contributed by atoms with Crippen molar-refractivity contribution >= 4 is 17.6 Å². The Labute approximate surface area is 127 Å². The molecule has 1 aromatic carbocycles. The van der Waals surface area contributed by atoms with Crippen molar-refractivity contribution in [2.75, 3.05) is 6.54 Å². The van der Waals surface area contributed by atoms with Crippen molar-refractivity contribution in [3.05, 3.63) is 41.2 Å². The van der Waals surface area contributed by atoms with Crippen molar-refractivity contribution < 1.29 is 14.3 Å². The number of hydrogen-bond acceptors (Lipinski definition) is 4. The van der Waals surface area contributed by atoms with E-state index >= 15 is 0 Å². The van der Waals surface area contributed by atoms with Gasteiger partial charge in [-0.3, -0.25) is 9.69 Å². The van der Waals surface area contributed by atoms with Crippen LogP contribution in [0.1, 0.15) is 18.5 Å². The second-order valence-corrected chi connectivity index (χ2v) is 5.56. The first-order chi connectivity index (χ1) is 10.1. The average molecular weight is 307 g/mol. The normalized spacial score (nSPS) is 19.0. The molecule has 1 aromatic heterocycles. The lowest BCUT2D eigenvalue weighted by Crippen LogP contribution is -2.35. The zero-order valence-electron chi connectivity index (χ0n) is 11.3. The van der Waals surface area contributed by atoms with E-state index < -0.39 is 12.0 Å². The first kappa shape index (κ1) is 14.1. The Kier molecular flexibility index (Phi) is 3.94. The van der Waals surface area contributed by atoms with Gasteiger partial charge in [-0.2, -0.15) is 0 Å². The summed E-state index contributed by atoms with van der Waals surface area (Å²) in [6.45, 7) is 1.26. The first-order valence-corrected chi connectivity index (χ1v) is 7.18. The third-order valence-electron chi connectivity index (χ3n) is 3.64. The highest BCUT2D eigenvalue weighted by Crippen LogP contribution is 2.24. The SMILES string of the molecule is O=C(O)[C@H]1CCCN1Cc1coc(-c2cccc(Cl)c2)n1. The minimum absolute atomic E-state index is 0.420. The van der Waals surface area contributed by atoms with Crippen LogP contribution in [-0.4, -0.2) is 33.5 Å². The predicted octanol–water partition coefficient (Wildman–Crippen LogP) is 3.04. The molecule has 6 heteroatoms. The molecule has 5 nitrogen and oxygen atoms in total. The van der Waals surface area contributed by atoms with Gasteiger partial charge in [-0.15, -0.1) is 0 Å². The summed E-state index contributed by atoms with van der Waals surface area (Å²) in [5, 5.41) is 9.80. The molecule has 0 unspecified atom stereocenters. The number of aliphatic carboxylic acids is 1. The summed E-state index contributed by atoms with van der Waals surface area (Å²) in [5.41, 5.74) is 1.54. The van der Waals surface area contributed by atoms with Crippen LogP contribution in [0, 0.1) is 0 Å². The molecular weight excluding hydrogens is 292 g/mol. The van der Waals surface area contributed by atoms with Crippen LogP contribution in [0.3, 0.4) is 0 Å². The fraction of sp³-hybridized carbons (Fsp3) is 0.333. The van der Waals surface area contributed by atoms with Gasteiger partial charge in [0, 0.05) is 17.1 Å². The number of hydrogen-bond donors (Lipinski definition) is 1. The van der Waals surface area contributed by atoms with Crippen molar-refractivity contribution in [3.63, 3.8) is 0 Å². The lowest BCUT2D eigenvalue weighted by atomic mass is 10.2. The molecule has 0 bridgehead atoms. The molecule has 2 heterocycles. The third kappa shape index (κ3) is 3.09. The number of carboxylic acids is 1. The smallest absolute Gasteiger partial charge is 0.320 e. The quantitative estimate of drug-likeness (QED) is 0.940. The number of carboxylic acid groups (broad SMARTS) is 1. The number of oxazole rings is 1. The second kappa shape index (κ2) is 5.87. The number of likely N-dealkylation sites (tertiary alicyclic amines) is 1. The lowest BCUT2D eigenvalue weighted by Gasteiger charge is -2.19. The van der Waals surface area contributed by atoms with Crippen LogP contribution in [0.2, 0.25) is 5.02 Å². The van der Waals surface area contributed by atoms with Gasteiger partial charge in [0.05, 0.1) is 5.69 Å². The summed E-state index contributed by atoms with van der Waals surface area (Å²) in [4.78, 5) is 17.5. The molecule has 3 rings (SSSR count). The van der Waals surface area contributed by atoms with Gasteiger partial charge < -0.3 is 9.52 Å². The molecular formula is C15H15ClN2O3. The van der Waals surface area contributed by atoms with E-state index in [4.69, 9.17) is 16.0 Å². The summed E-state index contributed by atoms with van der Waals surface area (Å²) in [6.07, 6.45) is 3.16. The highest BCUT2D eigenvalue weighted by molar-refractivity contribution is 6.30. The van der Waals surface area contributed by atoms with Crippen molar-refractivity contribution in [2.24, 2.45) is 0 Å². The number of rotatable bonds is 4. The largest absolute Gasteiger partial charge is 0.480 e. The van der Waals surface area contributed by atoms with E-state index in [1.54, 1.807) is 18.4 Å². The lowest BCUT2D eigenvalue weighted by molar-refractivity contribution is -0.142. The summed E-state index contributed by atoms with van der Waals surface area (Å²) in [5.74, 6) is -0.273. The molecule has 0 spiro atoms. The minimum Gasteiger partial charge on any atom is -0.480 e. The maximum atomic E-state index is 11.2. The monoisotopic (exact) mass is 306 g/mol. The van der Waals surface area contributed by atoms with Crippen LogP contribution in [0.25, 0.3) is 11.5 Å². The fourth-order valence-corrected chi connectivity index (χ4v) is 2.83. The molecule has 21 heavy (non-hydrogen) atoms. The van der Waals surface area contributed by atoms with Gasteiger partial charge in [-0.25, -0.2) is 4.98 Å². The number of halogens is 1. The molecule has 0 radical (unpaired) electrons. The molecule has 0 aliphatic carbocycles. The molecule has 1 saturated heterocycles. The van der Waals surface area contributed by atoms with Crippen LogP contribution < -0.4 is 0 Å². The van der Waals surface area contributed by atoms with Crippen LogP contribution >= 0.6 is 11.6 Å².